The van der Waals surface area contributed by atoms with Crippen molar-refractivity contribution in [1.29, 1.82) is 0 Å². The SMILES string of the molecule is Cc1ccccc1-c1ccc2sc3c(c2c1)N(c1ccc2c(c1)C(C)(C)CCC2(C)C)c1cc(N(c2ccccc2C)c2ccccc2C)cc(-c2cc(C(C)(C)C)cc4cn[nH]c24)c1[B]3. The highest BCUT2D eigenvalue weighted by Gasteiger charge is 2.39. The van der Waals surface area contributed by atoms with Gasteiger partial charge in [0.25, 0.3) is 0 Å². The topological polar surface area (TPSA) is 35.2 Å². The van der Waals surface area contributed by atoms with Crippen molar-refractivity contribution < 1.29 is 0 Å². The minimum absolute atomic E-state index is 0.0300. The summed E-state index contributed by atoms with van der Waals surface area (Å²) >= 11 is 1.90. The van der Waals surface area contributed by atoms with Crippen LogP contribution in [-0.2, 0) is 16.2 Å². The molecule has 1 aliphatic heterocycles. The van der Waals surface area contributed by atoms with Crippen LogP contribution in [0.4, 0.5) is 34.1 Å². The van der Waals surface area contributed by atoms with Crippen LogP contribution in [0.15, 0.2) is 140 Å². The van der Waals surface area contributed by atoms with Crippen LogP contribution in [0.5, 0.6) is 0 Å². The van der Waals surface area contributed by atoms with E-state index < -0.39 is 0 Å². The average molecular weight is 878 g/mol. The molecule has 11 rings (SSSR count). The lowest BCUT2D eigenvalue weighted by molar-refractivity contribution is 0.332. The molecular formula is C60H58BN4S. The Hall–Kier alpha value is -6.37. The minimum atomic E-state index is -0.0842. The van der Waals surface area contributed by atoms with Gasteiger partial charge in [0.2, 0.25) is 7.28 Å². The van der Waals surface area contributed by atoms with Crippen LogP contribution in [0.25, 0.3) is 43.2 Å². The smallest absolute Gasteiger partial charge is 0.211 e. The number of nitrogens with one attached hydrogen (secondary N) is 1. The number of para-hydroxylation sites is 2. The molecule has 6 heteroatoms. The van der Waals surface area contributed by atoms with E-state index in [0.717, 1.165) is 45.6 Å². The van der Waals surface area contributed by atoms with Crippen molar-refractivity contribution in [1.82, 2.24) is 10.2 Å². The molecule has 1 aliphatic carbocycles. The van der Waals surface area contributed by atoms with Gasteiger partial charge in [-0.05, 0) is 171 Å². The van der Waals surface area contributed by atoms with E-state index in [1.54, 1.807) is 0 Å². The van der Waals surface area contributed by atoms with Crippen LogP contribution < -0.4 is 20.0 Å². The molecule has 327 valence electrons. The molecule has 2 aromatic heterocycles. The number of aryl methyl sites for hydroxylation is 3. The molecule has 0 fully saturated rings. The van der Waals surface area contributed by atoms with Crippen LogP contribution in [0, 0.1) is 20.8 Å². The summed E-state index contributed by atoms with van der Waals surface area (Å²) in [4.78, 5) is 5.11. The monoisotopic (exact) mass is 877 g/mol. The zero-order chi connectivity index (χ0) is 45.9. The van der Waals surface area contributed by atoms with Crippen LogP contribution in [-0.4, -0.2) is 17.5 Å². The van der Waals surface area contributed by atoms with Gasteiger partial charge >= 0.3 is 0 Å². The van der Waals surface area contributed by atoms with Crippen LogP contribution in [0.2, 0.25) is 0 Å². The van der Waals surface area contributed by atoms with Gasteiger partial charge in [-0.3, -0.25) is 5.10 Å². The zero-order valence-corrected chi connectivity index (χ0v) is 40.8. The highest BCUT2D eigenvalue weighted by Crippen LogP contribution is 2.52. The predicted molar refractivity (Wildman–Crippen MR) is 285 cm³/mol. The van der Waals surface area contributed by atoms with Crippen molar-refractivity contribution in [2.45, 2.75) is 98.3 Å². The molecule has 0 atom stereocenters. The van der Waals surface area contributed by atoms with Crippen molar-refractivity contribution in [2.24, 2.45) is 0 Å². The molecule has 0 saturated carbocycles. The van der Waals surface area contributed by atoms with Gasteiger partial charge in [-0.1, -0.05) is 121 Å². The molecular weight excluding hydrogens is 820 g/mol. The number of hydrogen-bond donors (Lipinski definition) is 1. The summed E-state index contributed by atoms with van der Waals surface area (Å²) in [7, 11) is 2.49. The first-order valence-electron chi connectivity index (χ1n) is 23.6. The number of benzene rings is 7. The first kappa shape index (κ1) is 42.3. The van der Waals surface area contributed by atoms with Crippen molar-refractivity contribution in [3.05, 3.63) is 173 Å². The number of rotatable bonds is 6. The zero-order valence-electron chi connectivity index (χ0n) is 40.0. The number of anilines is 6. The highest BCUT2D eigenvalue weighted by molar-refractivity contribution is 7.29. The summed E-state index contributed by atoms with van der Waals surface area (Å²) in [5, 5.41) is 10.5. The first-order chi connectivity index (χ1) is 31.6. The first-order valence-corrected chi connectivity index (χ1v) is 24.4. The second-order valence-electron chi connectivity index (χ2n) is 21.3. The van der Waals surface area contributed by atoms with Crippen LogP contribution >= 0.6 is 11.3 Å². The van der Waals surface area contributed by atoms with Gasteiger partial charge in [-0.25, -0.2) is 0 Å². The lowest BCUT2D eigenvalue weighted by atomic mass is 9.61. The van der Waals surface area contributed by atoms with Crippen LogP contribution in [0.3, 0.4) is 0 Å². The fourth-order valence-electron chi connectivity index (χ4n) is 10.8. The molecule has 0 amide bonds. The molecule has 66 heavy (non-hydrogen) atoms. The number of nitrogens with zero attached hydrogens (tertiary/aromatic N) is 3. The third-order valence-corrected chi connectivity index (χ3v) is 15.9. The van der Waals surface area contributed by atoms with E-state index in [1.165, 1.54) is 88.2 Å². The fourth-order valence-corrected chi connectivity index (χ4v) is 11.9. The largest absolute Gasteiger partial charge is 0.310 e. The van der Waals surface area contributed by atoms with E-state index in [-0.39, 0.29) is 16.2 Å². The van der Waals surface area contributed by atoms with E-state index in [0.29, 0.717) is 0 Å². The van der Waals surface area contributed by atoms with Gasteiger partial charge in [0, 0.05) is 49.5 Å². The Bertz CT molecular complexity index is 3350. The molecule has 2 aliphatic rings. The Morgan fingerprint density at radius 2 is 1.33 bits per heavy atom. The molecule has 3 heterocycles. The maximum absolute atomic E-state index is 4.68. The number of fused-ring (bicyclic) bond motifs is 6. The Morgan fingerprint density at radius 1 is 0.667 bits per heavy atom. The average Bonchev–Trinajstić information content (AvgIpc) is 3.92. The number of aromatic amines is 1. The summed E-state index contributed by atoms with van der Waals surface area (Å²) in [6.45, 7) is 23.3. The fraction of sp³-hybridized carbons (Fsp3) is 0.250. The molecule has 0 spiro atoms. The van der Waals surface area contributed by atoms with Gasteiger partial charge in [0.1, 0.15) is 0 Å². The highest BCUT2D eigenvalue weighted by atomic mass is 32.1. The summed E-state index contributed by atoms with van der Waals surface area (Å²) in [6.07, 6.45) is 4.30. The Labute approximate surface area is 395 Å². The third kappa shape index (κ3) is 6.90. The molecule has 0 unspecified atom stereocenters. The van der Waals surface area contributed by atoms with E-state index in [2.05, 4.69) is 230 Å². The Balaban J connectivity index is 1.27. The number of aromatic nitrogens is 2. The lowest BCUT2D eigenvalue weighted by Gasteiger charge is -2.43. The Kier molecular flexibility index (Phi) is 9.84. The summed E-state index contributed by atoms with van der Waals surface area (Å²) in [5.41, 5.74) is 22.0. The van der Waals surface area contributed by atoms with Crippen molar-refractivity contribution in [3.63, 3.8) is 0 Å². The second-order valence-corrected chi connectivity index (χ2v) is 22.3. The van der Waals surface area contributed by atoms with Crippen LogP contribution in [0.1, 0.15) is 94.7 Å². The summed E-state index contributed by atoms with van der Waals surface area (Å²) in [6, 6.07) is 50.6. The van der Waals surface area contributed by atoms with E-state index in [9.17, 15) is 0 Å². The van der Waals surface area contributed by atoms with Gasteiger partial charge in [0.15, 0.2) is 0 Å². The molecule has 0 bridgehead atoms. The van der Waals surface area contributed by atoms with Gasteiger partial charge in [0.05, 0.1) is 17.4 Å². The predicted octanol–water partition coefficient (Wildman–Crippen LogP) is 15.6. The van der Waals surface area contributed by atoms with E-state index in [1.807, 2.05) is 17.5 Å². The molecule has 4 nitrogen and oxygen atoms in total. The number of thiophene rings is 1. The summed E-state index contributed by atoms with van der Waals surface area (Å²) in [5.74, 6) is 0. The van der Waals surface area contributed by atoms with Gasteiger partial charge in [-0.15, -0.1) is 11.3 Å². The van der Waals surface area contributed by atoms with E-state index in [4.69, 9.17) is 0 Å². The van der Waals surface area contributed by atoms with Gasteiger partial charge < -0.3 is 9.80 Å². The van der Waals surface area contributed by atoms with Crippen molar-refractivity contribution >= 4 is 84.0 Å². The van der Waals surface area contributed by atoms with E-state index >= 15 is 0 Å². The molecule has 7 aromatic carbocycles. The standard InChI is InChI=1S/C60H58BN4S/c1-36-17-11-14-20-44(36)39-23-26-53-47(30-39)56-57(66-53)61-54-45(46-31-41(58(4,5)6)29-40-35-62-63-55(40)46)32-43(64(50-21-15-12-18-37(50)2)51-22-16-13-19-38(51)3)34-52(54)65(56)42-24-25-48-49(33-42)60(9,10)28-27-59(48,7)8/h11-26,29-35H,27-28H2,1-10H3,(H,62,63). The summed E-state index contributed by atoms with van der Waals surface area (Å²) < 4.78 is 2.54. The molecule has 1 radical (unpaired) electrons. The molecule has 0 saturated heterocycles. The van der Waals surface area contributed by atoms with Crippen molar-refractivity contribution in [2.75, 3.05) is 9.80 Å². The molecule has 1 N–H and O–H groups in total. The minimum Gasteiger partial charge on any atom is -0.310 e. The number of H-pyrrole nitrogens is 1. The quantitative estimate of drug-likeness (QED) is 0.169. The van der Waals surface area contributed by atoms with Gasteiger partial charge in [-0.2, -0.15) is 5.10 Å². The Morgan fingerprint density at radius 3 is 2.02 bits per heavy atom. The maximum Gasteiger partial charge on any atom is 0.211 e. The number of hydrogen-bond acceptors (Lipinski definition) is 4. The molecule has 9 aromatic rings. The lowest BCUT2D eigenvalue weighted by Crippen LogP contribution is -2.40. The maximum atomic E-state index is 4.68. The third-order valence-electron chi connectivity index (χ3n) is 14.8. The van der Waals surface area contributed by atoms with Crippen molar-refractivity contribution in [3.8, 4) is 22.3 Å². The second kappa shape index (κ2) is 15.4. The normalized spacial score (nSPS) is 15.0.